The van der Waals surface area contributed by atoms with Crippen molar-refractivity contribution in [1.82, 2.24) is 10.6 Å². The van der Waals surface area contributed by atoms with Gasteiger partial charge in [0, 0.05) is 12.2 Å². The van der Waals surface area contributed by atoms with Crippen LogP contribution in [0.3, 0.4) is 0 Å². The third-order valence-electron chi connectivity index (χ3n) is 5.84. The van der Waals surface area contributed by atoms with Crippen LogP contribution >= 0.6 is 11.8 Å². The molecular formula is C28H49N3O6S. The number of unbranched alkanes of at least 4 members (excludes halogenated alkanes) is 9. The van der Waals surface area contributed by atoms with Gasteiger partial charge in [-0.05, 0) is 50.7 Å². The van der Waals surface area contributed by atoms with Crippen LogP contribution < -0.4 is 16.4 Å². The number of thioether (sulfide) groups is 1. The molecule has 2 atom stereocenters. The first-order valence-corrected chi connectivity index (χ1v) is 15.1. The number of hydrogen-bond donors (Lipinski definition) is 5. The number of carbonyl (C=O) groups is 4. The van der Waals surface area contributed by atoms with Crippen LogP contribution in [0.2, 0.25) is 0 Å². The summed E-state index contributed by atoms with van der Waals surface area (Å²) in [6, 6.07) is -2.05. The van der Waals surface area contributed by atoms with Crippen molar-refractivity contribution >= 4 is 35.5 Å². The minimum Gasteiger partial charge on any atom is -0.480 e. The Morgan fingerprint density at radius 2 is 1.47 bits per heavy atom. The molecule has 0 bridgehead atoms. The highest BCUT2D eigenvalue weighted by Crippen LogP contribution is 2.12. The molecule has 0 radical (unpaired) electrons. The number of carboxylic acids is 2. The van der Waals surface area contributed by atoms with E-state index in [1.54, 1.807) is 0 Å². The first kappa shape index (κ1) is 35.7. The molecule has 2 unspecified atom stereocenters. The number of rotatable bonds is 25. The van der Waals surface area contributed by atoms with E-state index in [9.17, 15) is 19.2 Å². The second-order valence-corrected chi connectivity index (χ2v) is 10.5. The summed E-state index contributed by atoms with van der Waals surface area (Å²) in [5.74, 6) is -2.30. The average Bonchev–Trinajstić information content (AvgIpc) is 2.88. The predicted molar refractivity (Wildman–Crippen MR) is 154 cm³/mol. The summed E-state index contributed by atoms with van der Waals surface area (Å²) in [4.78, 5) is 46.0. The van der Waals surface area contributed by atoms with Crippen LogP contribution in [0.25, 0.3) is 0 Å². The van der Waals surface area contributed by atoms with Crippen molar-refractivity contribution < 1.29 is 29.4 Å². The fourth-order valence-electron chi connectivity index (χ4n) is 3.54. The first-order valence-electron chi connectivity index (χ1n) is 13.9. The minimum absolute atomic E-state index is 0.0510. The smallest absolute Gasteiger partial charge is 0.322 e. The van der Waals surface area contributed by atoms with Gasteiger partial charge in [-0.1, -0.05) is 69.8 Å². The Bertz CT molecular complexity index is 729. The molecule has 38 heavy (non-hydrogen) atoms. The van der Waals surface area contributed by atoms with Crippen molar-refractivity contribution in [1.29, 1.82) is 0 Å². The zero-order chi connectivity index (χ0) is 28.4. The monoisotopic (exact) mass is 555 g/mol. The van der Waals surface area contributed by atoms with Crippen LogP contribution in [0, 0.1) is 0 Å². The van der Waals surface area contributed by atoms with Gasteiger partial charge in [-0.15, -0.1) is 0 Å². The molecule has 10 heteroatoms. The van der Waals surface area contributed by atoms with E-state index in [-0.39, 0.29) is 12.8 Å². The highest BCUT2D eigenvalue weighted by Gasteiger charge is 2.22. The van der Waals surface area contributed by atoms with Gasteiger partial charge >= 0.3 is 11.9 Å². The molecule has 9 nitrogen and oxygen atoms in total. The molecule has 0 heterocycles. The van der Waals surface area contributed by atoms with E-state index >= 15 is 0 Å². The lowest BCUT2D eigenvalue weighted by molar-refractivity contribution is -0.139. The van der Waals surface area contributed by atoms with Crippen molar-refractivity contribution in [3.05, 3.63) is 24.3 Å². The van der Waals surface area contributed by atoms with E-state index in [1.807, 2.05) is 0 Å². The van der Waals surface area contributed by atoms with Gasteiger partial charge in [-0.3, -0.25) is 19.2 Å². The molecule has 218 valence electrons. The molecule has 0 spiro atoms. The quantitative estimate of drug-likeness (QED) is 0.0818. The summed E-state index contributed by atoms with van der Waals surface area (Å²) >= 11 is 1.53. The maximum atomic E-state index is 12.3. The van der Waals surface area contributed by atoms with Crippen molar-refractivity contribution in [2.75, 3.05) is 18.1 Å². The van der Waals surface area contributed by atoms with E-state index in [1.165, 1.54) is 56.7 Å². The molecule has 0 rings (SSSR count). The Kier molecular flexibility index (Phi) is 23.4. The highest BCUT2D eigenvalue weighted by atomic mass is 32.2. The van der Waals surface area contributed by atoms with Crippen LogP contribution in [0.15, 0.2) is 24.3 Å². The minimum atomic E-state index is -1.20. The summed E-state index contributed by atoms with van der Waals surface area (Å²) in [6.45, 7) is 1.69. The molecule has 0 saturated heterocycles. The molecule has 0 aromatic carbocycles. The fraction of sp³-hybridized carbons (Fsp3) is 0.714. The molecule has 0 aliphatic carbocycles. The Hall–Kier alpha value is -2.33. The van der Waals surface area contributed by atoms with E-state index in [2.05, 4.69) is 41.9 Å². The molecule has 0 aromatic rings. The van der Waals surface area contributed by atoms with Crippen molar-refractivity contribution in [2.24, 2.45) is 5.73 Å². The number of carbonyl (C=O) groups excluding carboxylic acids is 2. The number of allylic oxidation sites excluding steroid dienone is 4. The Morgan fingerprint density at radius 3 is 2.08 bits per heavy atom. The molecule has 0 aromatic heterocycles. The summed E-state index contributed by atoms with van der Waals surface area (Å²) in [7, 11) is 0. The lowest BCUT2D eigenvalue weighted by Crippen LogP contribution is -2.49. The number of carboxylic acid groups (broad SMARTS) is 2. The fourth-order valence-corrected chi connectivity index (χ4v) is 4.58. The lowest BCUT2D eigenvalue weighted by Gasteiger charge is -2.18. The average molecular weight is 556 g/mol. The zero-order valence-corrected chi connectivity index (χ0v) is 23.8. The number of nitrogens with one attached hydrogen (secondary N) is 2. The maximum Gasteiger partial charge on any atom is 0.322 e. The van der Waals surface area contributed by atoms with Gasteiger partial charge in [0.1, 0.15) is 18.6 Å². The summed E-state index contributed by atoms with van der Waals surface area (Å²) < 4.78 is 0. The van der Waals surface area contributed by atoms with E-state index < -0.39 is 42.4 Å². The van der Waals surface area contributed by atoms with E-state index in [0.717, 1.165) is 37.9 Å². The van der Waals surface area contributed by atoms with Crippen LogP contribution in [-0.2, 0) is 19.2 Å². The van der Waals surface area contributed by atoms with Crippen LogP contribution in [0.1, 0.15) is 96.8 Å². The molecule has 0 aliphatic rings. The van der Waals surface area contributed by atoms with Crippen molar-refractivity contribution in [3.63, 3.8) is 0 Å². The third kappa shape index (κ3) is 22.8. The molecule has 0 fully saturated rings. The lowest BCUT2D eigenvalue weighted by atomic mass is 10.1. The standard InChI is InChI=1S/C28H49N3O6S/c1-2-3-4-5-6-7-8-9-10-11-12-13-14-15-16-17-20-38-22-24(27(35)30-21-26(33)34)31-25(32)19-18-23(29)28(36)37/h6-7,9-10,23-24H,2-5,8,11-22,29H2,1H3,(H,30,35)(H,31,32)(H,33,34)(H,36,37)/b7-6-,10-9-. The zero-order valence-electron chi connectivity index (χ0n) is 23.0. The summed E-state index contributed by atoms with van der Waals surface area (Å²) in [6.07, 6.45) is 22.9. The van der Waals surface area contributed by atoms with Gasteiger partial charge in [0.2, 0.25) is 11.8 Å². The summed E-state index contributed by atoms with van der Waals surface area (Å²) in [5, 5.41) is 22.5. The van der Waals surface area contributed by atoms with Crippen molar-refractivity contribution in [2.45, 2.75) is 109 Å². The van der Waals surface area contributed by atoms with Crippen molar-refractivity contribution in [3.8, 4) is 0 Å². The SMILES string of the molecule is CCCCC/C=C\C/C=C\CCCCCCCCSCC(NC(=O)CCC(N)C(=O)O)C(=O)NCC(=O)O. The van der Waals surface area contributed by atoms with Gasteiger partial charge in [-0.2, -0.15) is 11.8 Å². The number of amides is 2. The van der Waals surface area contributed by atoms with Crippen LogP contribution in [0.4, 0.5) is 0 Å². The molecule has 2 amide bonds. The second-order valence-electron chi connectivity index (χ2n) is 9.37. The number of hydrogen-bond acceptors (Lipinski definition) is 6. The topological polar surface area (TPSA) is 159 Å². The highest BCUT2D eigenvalue weighted by molar-refractivity contribution is 7.99. The second kappa shape index (κ2) is 25.0. The van der Waals surface area contributed by atoms with E-state index in [4.69, 9.17) is 15.9 Å². The normalized spacial score (nSPS) is 13.0. The van der Waals surface area contributed by atoms with Gasteiger partial charge in [0.05, 0.1) is 0 Å². The van der Waals surface area contributed by atoms with Gasteiger partial charge in [0.15, 0.2) is 0 Å². The Morgan fingerprint density at radius 1 is 0.868 bits per heavy atom. The Labute approximate surface area is 232 Å². The molecule has 0 aliphatic heterocycles. The van der Waals surface area contributed by atoms with E-state index in [0.29, 0.717) is 5.75 Å². The largest absolute Gasteiger partial charge is 0.480 e. The number of aliphatic carboxylic acids is 2. The number of nitrogens with two attached hydrogens (primary N) is 1. The van der Waals surface area contributed by atoms with Gasteiger partial charge < -0.3 is 26.6 Å². The first-order chi connectivity index (χ1) is 18.3. The molecule has 0 saturated carbocycles. The third-order valence-corrected chi connectivity index (χ3v) is 6.99. The van der Waals surface area contributed by atoms with Gasteiger partial charge in [-0.25, -0.2) is 0 Å². The van der Waals surface area contributed by atoms with Crippen LogP contribution in [-0.4, -0.2) is 64.1 Å². The Balaban J connectivity index is 4.01. The summed E-state index contributed by atoms with van der Waals surface area (Å²) in [5.41, 5.74) is 5.41. The van der Waals surface area contributed by atoms with Gasteiger partial charge in [0.25, 0.3) is 0 Å². The molecule has 6 N–H and O–H groups in total. The maximum absolute atomic E-state index is 12.3. The predicted octanol–water partition coefficient (Wildman–Crippen LogP) is 4.41. The molecular weight excluding hydrogens is 506 g/mol. The van der Waals surface area contributed by atoms with Crippen LogP contribution in [0.5, 0.6) is 0 Å².